The summed E-state index contributed by atoms with van der Waals surface area (Å²) in [7, 11) is 3.54. The van der Waals surface area contributed by atoms with Crippen molar-refractivity contribution in [1.29, 1.82) is 0 Å². The predicted octanol–water partition coefficient (Wildman–Crippen LogP) is 2.82. The highest BCUT2D eigenvalue weighted by molar-refractivity contribution is 5.74. The van der Waals surface area contributed by atoms with Gasteiger partial charge in [0.2, 0.25) is 6.41 Å². The van der Waals surface area contributed by atoms with E-state index in [-0.39, 0.29) is 17.1 Å². The highest BCUT2D eigenvalue weighted by Gasteiger charge is 2.40. The number of methoxy groups -OCH3 is 1. The Morgan fingerprint density at radius 2 is 2.14 bits per heavy atom. The van der Waals surface area contributed by atoms with Crippen LogP contribution in [0.3, 0.4) is 0 Å². The van der Waals surface area contributed by atoms with E-state index in [1.165, 1.54) is 5.57 Å². The number of ether oxygens (including phenoxy) is 2. The molecular weight excluding hydrogens is 368 g/mol. The van der Waals surface area contributed by atoms with Crippen molar-refractivity contribution in [2.24, 2.45) is 5.41 Å². The average Bonchev–Trinajstić information content (AvgIpc) is 2.98. The number of carbonyl (C=O) groups excluding carboxylic acids is 1. The highest BCUT2D eigenvalue weighted by atomic mass is 16.5. The van der Waals surface area contributed by atoms with E-state index in [4.69, 9.17) is 14.5 Å². The Hall–Kier alpha value is -2.12. The molecular formula is C22H36N4O3. The molecule has 0 bridgehead atoms. The number of aromatic nitrogens is 1. The van der Waals surface area contributed by atoms with Crippen LogP contribution in [0, 0.1) is 5.41 Å². The Bertz CT molecular complexity index is 716. The van der Waals surface area contributed by atoms with Crippen molar-refractivity contribution < 1.29 is 14.3 Å². The summed E-state index contributed by atoms with van der Waals surface area (Å²) in [5, 5.41) is 3.17. The van der Waals surface area contributed by atoms with Crippen LogP contribution in [-0.4, -0.2) is 63.5 Å². The quantitative estimate of drug-likeness (QED) is 0.639. The molecule has 1 aliphatic rings. The van der Waals surface area contributed by atoms with E-state index in [0.29, 0.717) is 19.0 Å². The third-order valence-electron chi connectivity index (χ3n) is 5.12. The smallest absolute Gasteiger partial charge is 0.215 e. The van der Waals surface area contributed by atoms with Gasteiger partial charge >= 0.3 is 0 Å². The number of carbonyl (C=O) groups is 1. The number of nitrogens with one attached hydrogen (secondary N) is 1. The fourth-order valence-electron chi connectivity index (χ4n) is 3.48. The van der Waals surface area contributed by atoms with Gasteiger partial charge in [-0.2, -0.15) is 0 Å². The zero-order chi connectivity index (χ0) is 21.7. The van der Waals surface area contributed by atoms with Crippen LogP contribution in [0.4, 0.5) is 11.6 Å². The van der Waals surface area contributed by atoms with E-state index in [2.05, 4.69) is 44.1 Å². The molecule has 2 heterocycles. The number of amides is 1. The van der Waals surface area contributed by atoms with Crippen molar-refractivity contribution in [3.8, 4) is 0 Å². The fraction of sp³-hybridized carbons (Fsp3) is 0.636. The summed E-state index contributed by atoms with van der Waals surface area (Å²) < 4.78 is 11.3. The molecule has 1 aromatic rings. The van der Waals surface area contributed by atoms with Crippen LogP contribution in [0.5, 0.6) is 0 Å². The van der Waals surface area contributed by atoms with Gasteiger partial charge in [-0.25, -0.2) is 4.98 Å². The summed E-state index contributed by atoms with van der Waals surface area (Å²) in [5.41, 5.74) is 0.958. The molecule has 0 aliphatic carbocycles. The maximum atomic E-state index is 11.7. The molecule has 162 valence electrons. The van der Waals surface area contributed by atoms with Gasteiger partial charge in [0, 0.05) is 32.7 Å². The van der Waals surface area contributed by atoms with Crippen molar-refractivity contribution >= 4 is 18.0 Å². The first kappa shape index (κ1) is 23.2. The van der Waals surface area contributed by atoms with Crippen molar-refractivity contribution in [1.82, 2.24) is 10.3 Å². The summed E-state index contributed by atoms with van der Waals surface area (Å²) in [6.45, 7) is 13.0. The van der Waals surface area contributed by atoms with Gasteiger partial charge in [-0.15, -0.1) is 0 Å². The summed E-state index contributed by atoms with van der Waals surface area (Å²) in [6, 6.07) is 5.69. The van der Waals surface area contributed by atoms with Crippen LogP contribution in [0.1, 0.15) is 34.6 Å². The van der Waals surface area contributed by atoms with Crippen molar-refractivity contribution in [2.75, 3.05) is 50.3 Å². The van der Waals surface area contributed by atoms with Crippen LogP contribution in [-0.2, 0) is 14.3 Å². The molecule has 0 spiro atoms. The van der Waals surface area contributed by atoms with E-state index in [1.807, 2.05) is 32.2 Å². The van der Waals surface area contributed by atoms with E-state index in [1.54, 1.807) is 12.0 Å². The topological polar surface area (TPSA) is 66.9 Å². The van der Waals surface area contributed by atoms with E-state index in [0.717, 1.165) is 25.3 Å². The Morgan fingerprint density at radius 3 is 2.72 bits per heavy atom. The van der Waals surface area contributed by atoms with Gasteiger partial charge in [0.25, 0.3) is 0 Å². The molecule has 0 saturated carbocycles. The molecule has 29 heavy (non-hydrogen) atoms. The number of rotatable bonds is 9. The maximum Gasteiger partial charge on any atom is 0.215 e. The average molecular weight is 405 g/mol. The predicted molar refractivity (Wildman–Crippen MR) is 117 cm³/mol. The lowest BCUT2D eigenvalue weighted by Crippen LogP contribution is -2.36. The second-order valence-corrected chi connectivity index (χ2v) is 8.95. The van der Waals surface area contributed by atoms with Crippen molar-refractivity contribution in [3.63, 3.8) is 0 Å². The first-order valence-corrected chi connectivity index (χ1v) is 10.1. The maximum absolute atomic E-state index is 11.7. The lowest BCUT2D eigenvalue weighted by atomic mass is 9.86. The molecule has 2 atom stereocenters. The molecule has 1 N–H and O–H groups in total. The van der Waals surface area contributed by atoms with Crippen molar-refractivity contribution in [3.05, 3.63) is 30.0 Å². The lowest BCUT2D eigenvalue weighted by Gasteiger charge is -2.30. The van der Waals surface area contributed by atoms with Crippen LogP contribution in [0.2, 0.25) is 0 Å². The molecule has 2 rings (SSSR count). The minimum Gasteiger partial charge on any atom is -0.394 e. The SMILES string of the molecule is CN/C=C1\CN(c2cccc(N(C=O)C(C)COC)n2)CC1(C)COC(C)(C)C. The van der Waals surface area contributed by atoms with Gasteiger partial charge < -0.3 is 19.7 Å². The summed E-state index contributed by atoms with van der Waals surface area (Å²) in [5.74, 6) is 1.47. The number of nitrogens with zero attached hydrogens (tertiary/aromatic N) is 3. The normalized spacial score (nSPS) is 22.0. The minimum absolute atomic E-state index is 0.0935. The van der Waals surface area contributed by atoms with Gasteiger partial charge in [0.05, 0.1) is 24.9 Å². The largest absolute Gasteiger partial charge is 0.394 e. The van der Waals surface area contributed by atoms with E-state index < -0.39 is 0 Å². The van der Waals surface area contributed by atoms with Gasteiger partial charge in [-0.05, 0) is 51.6 Å². The zero-order valence-electron chi connectivity index (χ0n) is 18.9. The highest BCUT2D eigenvalue weighted by Crippen LogP contribution is 2.38. The summed E-state index contributed by atoms with van der Waals surface area (Å²) in [6.07, 6.45) is 2.88. The molecule has 7 heteroatoms. The number of hydrogen-bond acceptors (Lipinski definition) is 6. The van der Waals surface area contributed by atoms with E-state index >= 15 is 0 Å². The van der Waals surface area contributed by atoms with Crippen LogP contribution < -0.4 is 15.1 Å². The second kappa shape index (κ2) is 9.59. The third-order valence-corrected chi connectivity index (χ3v) is 5.12. The van der Waals surface area contributed by atoms with Crippen LogP contribution in [0.25, 0.3) is 0 Å². The monoisotopic (exact) mass is 404 g/mol. The Morgan fingerprint density at radius 1 is 1.41 bits per heavy atom. The van der Waals surface area contributed by atoms with Gasteiger partial charge in [-0.1, -0.05) is 13.0 Å². The Balaban J connectivity index is 2.26. The van der Waals surface area contributed by atoms with Crippen molar-refractivity contribution in [2.45, 2.75) is 46.3 Å². The molecule has 1 saturated heterocycles. The molecule has 7 nitrogen and oxygen atoms in total. The Labute approximate surface area is 175 Å². The zero-order valence-corrected chi connectivity index (χ0v) is 18.9. The number of anilines is 2. The number of hydrogen-bond donors (Lipinski definition) is 1. The molecule has 0 aromatic carbocycles. The summed E-state index contributed by atoms with van der Waals surface area (Å²) in [4.78, 5) is 20.3. The van der Waals surface area contributed by atoms with Crippen LogP contribution >= 0.6 is 0 Å². The molecule has 1 aliphatic heterocycles. The summed E-state index contributed by atoms with van der Waals surface area (Å²) >= 11 is 0. The molecule has 0 radical (unpaired) electrons. The minimum atomic E-state index is -0.193. The van der Waals surface area contributed by atoms with Gasteiger partial charge in [0.1, 0.15) is 11.6 Å². The standard InChI is InChI=1S/C22H36N4O3/c1-17(13-28-7)26(16-27)20-10-8-9-19(24-20)25-12-18(11-23-6)22(5,14-25)15-29-21(2,3)4/h8-11,16-17,23H,12-15H2,1-7H3/b18-11+. The third kappa shape index (κ3) is 5.93. The lowest BCUT2D eigenvalue weighted by molar-refractivity contribution is -0.108. The number of pyridine rings is 1. The molecule has 2 unspecified atom stereocenters. The Kier molecular flexibility index (Phi) is 7.66. The fourth-order valence-corrected chi connectivity index (χ4v) is 3.48. The van der Waals surface area contributed by atoms with Crippen LogP contribution in [0.15, 0.2) is 30.0 Å². The van der Waals surface area contributed by atoms with Gasteiger partial charge in [-0.3, -0.25) is 9.69 Å². The molecule has 1 aromatic heterocycles. The second-order valence-electron chi connectivity index (χ2n) is 8.95. The first-order valence-electron chi connectivity index (χ1n) is 10.1. The molecule has 1 fully saturated rings. The molecule has 1 amide bonds. The van der Waals surface area contributed by atoms with Gasteiger partial charge in [0.15, 0.2) is 0 Å². The first-order chi connectivity index (χ1) is 13.6. The van der Waals surface area contributed by atoms with E-state index in [9.17, 15) is 4.79 Å².